The van der Waals surface area contributed by atoms with E-state index in [0.717, 1.165) is 4.90 Å². The number of urea groups is 1. The van der Waals surface area contributed by atoms with Crippen molar-refractivity contribution >= 4 is 35.3 Å². The molecule has 0 aromatic heterocycles. The first-order valence-electron chi connectivity index (χ1n) is 7.69. The highest BCUT2D eigenvalue weighted by atomic mass is 32.2. The number of hydrogen-bond donors (Lipinski definition) is 1. The lowest BCUT2D eigenvalue weighted by Crippen LogP contribution is -2.50. The normalized spacial score (nSPS) is 23.4. The molecule has 2 aliphatic rings. The zero-order valence-corrected chi connectivity index (χ0v) is 14.0. The van der Waals surface area contributed by atoms with Gasteiger partial charge in [0.25, 0.3) is 5.91 Å². The van der Waals surface area contributed by atoms with Crippen LogP contribution in [0.1, 0.15) is 12.8 Å². The molecule has 2 atom stereocenters. The van der Waals surface area contributed by atoms with Crippen LogP contribution in [0.25, 0.3) is 0 Å². The summed E-state index contributed by atoms with van der Waals surface area (Å²) in [4.78, 5) is 39.4. The minimum atomic E-state index is -0.603. The molecule has 0 radical (unpaired) electrons. The van der Waals surface area contributed by atoms with Gasteiger partial charge in [-0.15, -0.1) is 0 Å². The van der Waals surface area contributed by atoms with Crippen LogP contribution in [0.5, 0.6) is 0 Å². The largest absolute Gasteiger partial charge is 0.352 e. The zero-order valence-electron chi connectivity index (χ0n) is 13.2. The Hall–Kier alpha value is -2.09. The molecule has 0 spiro atoms. The summed E-state index contributed by atoms with van der Waals surface area (Å²) in [7, 11) is 0. The molecule has 2 saturated heterocycles. The van der Waals surface area contributed by atoms with Gasteiger partial charge >= 0.3 is 6.03 Å². The van der Waals surface area contributed by atoms with E-state index >= 15 is 0 Å². The molecule has 2 aliphatic heterocycles. The molecule has 0 aliphatic carbocycles. The predicted molar refractivity (Wildman–Crippen MR) is 89.3 cm³/mol. The van der Waals surface area contributed by atoms with Crippen LogP contribution in [-0.2, 0) is 9.59 Å². The van der Waals surface area contributed by atoms with Crippen LogP contribution in [0, 0.1) is 5.82 Å². The van der Waals surface area contributed by atoms with Crippen molar-refractivity contribution in [1.29, 1.82) is 0 Å². The quantitative estimate of drug-likeness (QED) is 0.837. The fourth-order valence-corrected chi connectivity index (χ4v) is 3.53. The van der Waals surface area contributed by atoms with Gasteiger partial charge in [0.05, 0.1) is 11.4 Å². The maximum absolute atomic E-state index is 13.4. The van der Waals surface area contributed by atoms with Crippen LogP contribution >= 0.6 is 11.8 Å². The van der Waals surface area contributed by atoms with Gasteiger partial charge in [-0.25, -0.2) is 14.1 Å². The maximum atomic E-state index is 13.4. The second-order valence-electron chi connectivity index (χ2n) is 5.87. The van der Waals surface area contributed by atoms with E-state index < -0.39 is 17.9 Å². The molecule has 3 rings (SSSR count). The van der Waals surface area contributed by atoms with Crippen molar-refractivity contribution in [2.24, 2.45) is 0 Å². The van der Waals surface area contributed by atoms with E-state index in [0.29, 0.717) is 25.1 Å². The summed E-state index contributed by atoms with van der Waals surface area (Å²) in [5.41, 5.74) is 0.238. The van der Waals surface area contributed by atoms with Gasteiger partial charge in [-0.05, 0) is 37.3 Å². The second kappa shape index (κ2) is 6.80. The van der Waals surface area contributed by atoms with Crippen molar-refractivity contribution in [3.63, 3.8) is 0 Å². The molecule has 0 saturated carbocycles. The molecular formula is C16H18FN3O3S. The predicted octanol–water partition coefficient (Wildman–Crippen LogP) is 1.60. The first-order valence-corrected chi connectivity index (χ1v) is 9.09. The number of nitrogens with one attached hydrogen (secondary N) is 1. The van der Waals surface area contributed by atoms with Crippen molar-refractivity contribution in [3.8, 4) is 0 Å². The lowest BCUT2D eigenvalue weighted by molar-refractivity contribution is -0.123. The van der Waals surface area contributed by atoms with Crippen molar-refractivity contribution in [3.05, 3.63) is 30.1 Å². The Morgan fingerprint density at radius 1 is 1.42 bits per heavy atom. The molecule has 6 nitrogen and oxygen atoms in total. The summed E-state index contributed by atoms with van der Waals surface area (Å²) in [5, 5.41) is 2.90. The third kappa shape index (κ3) is 3.10. The van der Waals surface area contributed by atoms with Crippen molar-refractivity contribution < 1.29 is 18.8 Å². The first kappa shape index (κ1) is 16.8. The summed E-state index contributed by atoms with van der Waals surface area (Å²) in [6, 6.07) is 4.28. The van der Waals surface area contributed by atoms with E-state index in [9.17, 15) is 18.8 Å². The van der Waals surface area contributed by atoms with Crippen molar-refractivity contribution in [2.45, 2.75) is 24.9 Å². The SMILES string of the molecule is CSCC(=O)N[C@H]1CCN2C(=O)N(c3cccc(F)c3)C(=O)[C@@H]2C1. The molecule has 1 aromatic carbocycles. The third-order valence-corrected chi connectivity index (χ3v) is 4.80. The molecule has 2 heterocycles. The van der Waals surface area contributed by atoms with Gasteiger partial charge < -0.3 is 10.2 Å². The Bertz CT molecular complexity index is 684. The summed E-state index contributed by atoms with van der Waals surface area (Å²) in [6.45, 7) is 0.394. The summed E-state index contributed by atoms with van der Waals surface area (Å²) >= 11 is 1.43. The van der Waals surface area contributed by atoms with Gasteiger partial charge in [0.2, 0.25) is 5.91 Å². The Balaban J connectivity index is 1.75. The fraction of sp³-hybridized carbons (Fsp3) is 0.438. The Kier molecular flexibility index (Phi) is 4.75. The Morgan fingerprint density at radius 3 is 2.92 bits per heavy atom. The molecule has 1 aromatic rings. The summed E-state index contributed by atoms with van der Waals surface area (Å²) in [5.74, 6) is -0.568. The molecule has 24 heavy (non-hydrogen) atoms. The van der Waals surface area contributed by atoms with Crippen LogP contribution in [0.3, 0.4) is 0 Å². The fourth-order valence-electron chi connectivity index (χ4n) is 3.18. The maximum Gasteiger partial charge on any atom is 0.332 e. The van der Waals surface area contributed by atoms with Gasteiger partial charge in [0, 0.05) is 12.6 Å². The second-order valence-corrected chi connectivity index (χ2v) is 6.73. The van der Waals surface area contributed by atoms with E-state index in [2.05, 4.69) is 5.32 Å². The highest BCUT2D eigenvalue weighted by molar-refractivity contribution is 7.99. The van der Waals surface area contributed by atoms with Crippen molar-refractivity contribution in [2.75, 3.05) is 23.5 Å². The molecule has 2 fully saturated rings. The lowest BCUT2D eigenvalue weighted by Gasteiger charge is -2.32. The van der Waals surface area contributed by atoms with Crippen LogP contribution < -0.4 is 10.2 Å². The lowest BCUT2D eigenvalue weighted by atomic mass is 9.98. The van der Waals surface area contributed by atoms with Gasteiger partial charge in [0.1, 0.15) is 11.9 Å². The number of piperidine rings is 1. The Labute approximate surface area is 143 Å². The number of nitrogens with zero attached hydrogens (tertiary/aromatic N) is 2. The van der Waals surface area contributed by atoms with Gasteiger partial charge in [0.15, 0.2) is 0 Å². The third-order valence-electron chi connectivity index (χ3n) is 4.25. The number of benzene rings is 1. The summed E-state index contributed by atoms with van der Waals surface area (Å²) in [6.07, 6.45) is 2.83. The highest BCUT2D eigenvalue weighted by Gasteiger charge is 2.48. The molecule has 128 valence electrons. The van der Waals surface area contributed by atoms with Gasteiger partial charge in [-0.2, -0.15) is 11.8 Å². The zero-order chi connectivity index (χ0) is 17.3. The number of carbonyl (C=O) groups is 3. The van der Waals surface area contributed by atoms with Crippen LogP contribution in [0.4, 0.5) is 14.9 Å². The van der Waals surface area contributed by atoms with E-state index in [-0.39, 0.29) is 23.5 Å². The van der Waals surface area contributed by atoms with E-state index in [4.69, 9.17) is 0 Å². The average Bonchev–Trinajstić information content (AvgIpc) is 2.78. The number of rotatable bonds is 4. The molecule has 8 heteroatoms. The summed E-state index contributed by atoms with van der Waals surface area (Å²) < 4.78 is 13.4. The molecule has 0 unspecified atom stereocenters. The number of hydrogen-bond acceptors (Lipinski definition) is 4. The van der Waals surface area contributed by atoms with Gasteiger partial charge in [-0.3, -0.25) is 9.59 Å². The van der Waals surface area contributed by atoms with E-state index in [1.165, 1.54) is 40.9 Å². The number of anilines is 1. The van der Waals surface area contributed by atoms with Crippen LogP contribution in [-0.4, -0.2) is 53.4 Å². The molecule has 4 amide bonds. The Morgan fingerprint density at radius 2 is 2.21 bits per heavy atom. The van der Waals surface area contributed by atoms with Gasteiger partial charge in [-0.1, -0.05) is 6.07 Å². The van der Waals surface area contributed by atoms with Crippen LogP contribution in [0.2, 0.25) is 0 Å². The van der Waals surface area contributed by atoms with E-state index in [1.807, 2.05) is 6.26 Å². The number of fused-ring (bicyclic) bond motifs is 1. The average molecular weight is 351 g/mol. The number of carbonyl (C=O) groups excluding carboxylic acids is 3. The number of thioether (sulfide) groups is 1. The van der Waals surface area contributed by atoms with E-state index in [1.54, 1.807) is 0 Å². The minimum absolute atomic E-state index is 0.0697. The number of amides is 4. The van der Waals surface area contributed by atoms with Crippen LogP contribution in [0.15, 0.2) is 24.3 Å². The molecule has 0 bridgehead atoms. The monoisotopic (exact) mass is 351 g/mol. The standard InChI is InChI=1S/C16H18FN3O3S/c1-24-9-14(21)18-11-5-6-19-13(8-11)15(22)20(16(19)23)12-4-2-3-10(17)7-12/h2-4,7,11,13H,5-6,8-9H2,1H3,(H,18,21)/t11-,13-/m0/s1. The number of halogens is 1. The topological polar surface area (TPSA) is 69.7 Å². The van der Waals surface area contributed by atoms with Crippen molar-refractivity contribution in [1.82, 2.24) is 10.2 Å². The first-order chi connectivity index (χ1) is 11.5. The molecular weight excluding hydrogens is 333 g/mol. The minimum Gasteiger partial charge on any atom is -0.352 e. The smallest absolute Gasteiger partial charge is 0.332 e. The molecule has 1 N–H and O–H groups in total. The highest BCUT2D eigenvalue weighted by Crippen LogP contribution is 2.31. The number of imide groups is 1.